The number of halogens is 1. The first kappa shape index (κ1) is 12.6. The Labute approximate surface area is 129 Å². The lowest BCUT2D eigenvalue weighted by atomic mass is 10.3. The summed E-state index contributed by atoms with van der Waals surface area (Å²) in [6, 6.07) is 10.0. The molecule has 0 radical (unpaired) electrons. The highest BCUT2D eigenvalue weighted by molar-refractivity contribution is 7.18. The van der Waals surface area contributed by atoms with E-state index in [9.17, 15) is 0 Å². The topological polar surface area (TPSA) is 66.5 Å². The minimum absolute atomic E-state index is 0.219. The number of nitrogens with one attached hydrogen (secondary N) is 2. The Hall–Kier alpha value is -2.18. The summed E-state index contributed by atoms with van der Waals surface area (Å²) >= 11 is 7.60. The van der Waals surface area contributed by atoms with E-state index < -0.39 is 0 Å². The normalized spacial score (nSPS) is 11.3. The molecule has 0 unspecified atom stereocenters. The van der Waals surface area contributed by atoms with Crippen LogP contribution in [0.1, 0.15) is 5.01 Å². The van der Waals surface area contributed by atoms with Crippen molar-refractivity contribution in [1.82, 2.24) is 19.9 Å². The third-order valence-electron chi connectivity index (χ3n) is 3.13. The molecule has 104 valence electrons. The highest BCUT2D eigenvalue weighted by Gasteiger charge is 2.09. The highest BCUT2D eigenvalue weighted by atomic mass is 35.5. The molecule has 7 heteroatoms. The van der Waals surface area contributed by atoms with E-state index in [1.807, 2.05) is 30.5 Å². The number of benzene rings is 1. The number of para-hydroxylation sites is 1. The molecule has 3 heterocycles. The lowest BCUT2D eigenvalue weighted by Gasteiger charge is -2.04. The summed E-state index contributed by atoms with van der Waals surface area (Å²) in [6.45, 7) is 0.604. The molecule has 0 spiro atoms. The smallest absolute Gasteiger partial charge is 0.226 e. The molecule has 3 aromatic heterocycles. The Morgan fingerprint density at radius 3 is 2.95 bits per heavy atom. The fraction of sp³-hybridized carbons (Fsp3) is 0.0714. The van der Waals surface area contributed by atoms with E-state index in [2.05, 4.69) is 31.3 Å². The zero-order valence-electron chi connectivity index (χ0n) is 10.8. The molecule has 0 saturated carbocycles. The number of nitrogens with zero attached hydrogens (tertiary/aromatic N) is 3. The van der Waals surface area contributed by atoms with Gasteiger partial charge in [0.15, 0.2) is 0 Å². The van der Waals surface area contributed by atoms with Crippen molar-refractivity contribution in [3.8, 4) is 0 Å². The highest BCUT2D eigenvalue weighted by Crippen LogP contribution is 2.24. The first-order valence-electron chi connectivity index (χ1n) is 6.38. The standard InChI is InChI=1S/C14H10ClN5S/c15-14-19-12-8(5-6-16-12)13(20-14)17-7-11-18-9-3-1-2-4-10(9)21-11/h1-6H,7H2,(H2,16,17,19,20). The van der Waals surface area contributed by atoms with Crippen molar-refractivity contribution in [3.05, 3.63) is 46.8 Å². The third kappa shape index (κ3) is 2.32. The van der Waals surface area contributed by atoms with Crippen molar-refractivity contribution in [2.45, 2.75) is 6.54 Å². The van der Waals surface area contributed by atoms with Gasteiger partial charge < -0.3 is 10.3 Å². The van der Waals surface area contributed by atoms with Crippen LogP contribution in [0.25, 0.3) is 21.3 Å². The maximum Gasteiger partial charge on any atom is 0.226 e. The summed E-state index contributed by atoms with van der Waals surface area (Å²) in [5.41, 5.74) is 1.74. The van der Waals surface area contributed by atoms with Crippen LogP contribution in [0.5, 0.6) is 0 Å². The number of hydrogen-bond donors (Lipinski definition) is 2. The van der Waals surface area contributed by atoms with Gasteiger partial charge in [0.2, 0.25) is 5.28 Å². The Bertz CT molecular complexity index is 896. The van der Waals surface area contributed by atoms with E-state index in [-0.39, 0.29) is 5.28 Å². The van der Waals surface area contributed by atoms with E-state index in [0.29, 0.717) is 12.4 Å². The van der Waals surface area contributed by atoms with Crippen LogP contribution in [-0.4, -0.2) is 19.9 Å². The molecular formula is C14H10ClN5S. The van der Waals surface area contributed by atoms with Crippen molar-refractivity contribution in [3.63, 3.8) is 0 Å². The van der Waals surface area contributed by atoms with Crippen molar-refractivity contribution < 1.29 is 0 Å². The van der Waals surface area contributed by atoms with E-state index in [4.69, 9.17) is 11.6 Å². The Morgan fingerprint density at radius 2 is 2.05 bits per heavy atom. The van der Waals surface area contributed by atoms with Crippen molar-refractivity contribution in [2.24, 2.45) is 0 Å². The predicted octanol–water partition coefficient (Wildman–Crippen LogP) is 3.83. The Balaban J connectivity index is 1.64. The maximum absolute atomic E-state index is 5.93. The number of anilines is 1. The molecule has 0 fully saturated rings. The first-order valence-corrected chi connectivity index (χ1v) is 7.58. The van der Waals surface area contributed by atoms with Gasteiger partial charge in [0, 0.05) is 6.20 Å². The number of H-pyrrole nitrogens is 1. The molecule has 0 aliphatic rings. The van der Waals surface area contributed by atoms with Gasteiger partial charge in [-0.1, -0.05) is 12.1 Å². The van der Waals surface area contributed by atoms with Crippen LogP contribution in [-0.2, 0) is 6.54 Å². The minimum Gasteiger partial charge on any atom is -0.363 e. The summed E-state index contributed by atoms with van der Waals surface area (Å²) in [5.74, 6) is 0.713. The predicted molar refractivity (Wildman–Crippen MR) is 85.8 cm³/mol. The molecule has 0 aliphatic heterocycles. The van der Waals surface area contributed by atoms with E-state index in [1.54, 1.807) is 11.3 Å². The number of rotatable bonds is 3. The zero-order valence-corrected chi connectivity index (χ0v) is 12.4. The molecule has 1 aromatic carbocycles. The third-order valence-corrected chi connectivity index (χ3v) is 4.34. The number of aromatic amines is 1. The Morgan fingerprint density at radius 1 is 1.14 bits per heavy atom. The van der Waals surface area contributed by atoms with E-state index in [0.717, 1.165) is 21.6 Å². The van der Waals surface area contributed by atoms with Crippen LogP contribution in [0.3, 0.4) is 0 Å². The van der Waals surface area contributed by atoms with E-state index in [1.165, 1.54) is 4.70 Å². The monoisotopic (exact) mass is 315 g/mol. The van der Waals surface area contributed by atoms with E-state index >= 15 is 0 Å². The summed E-state index contributed by atoms with van der Waals surface area (Å²) in [4.78, 5) is 16.0. The molecule has 0 saturated heterocycles. The molecule has 0 atom stereocenters. The first-order chi connectivity index (χ1) is 10.3. The number of fused-ring (bicyclic) bond motifs is 2. The summed E-state index contributed by atoms with van der Waals surface area (Å²) in [7, 11) is 0. The summed E-state index contributed by atoms with van der Waals surface area (Å²) in [5, 5.41) is 5.43. The second kappa shape index (κ2) is 4.98. The van der Waals surface area contributed by atoms with Gasteiger partial charge in [0.25, 0.3) is 0 Å². The summed E-state index contributed by atoms with van der Waals surface area (Å²) in [6.07, 6.45) is 1.82. The average molecular weight is 316 g/mol. The number of hydrogen-bond acceptors (Lipinski definition) is 5. The molecule has 0 bridgehead atoms. The van der Waals surface area contributed by atoms with Crippen LogP contribution in [0.15, 0.2) is 36.5 Å². The maximum atomic E-state index is 5.93. The lowest BCUT2D eigenvalue weighted by molar-refractivity contribution is 1.08. The molecule has 0 amide bonds. The number of aromatic nitrogens is 4. The number of thiazole rings is 1. The Kier molecular flexibility index (Phi) is 2.98. The van der Waals surface area contributed by atoms with Gasteiger partial charge in [-0.05, 0) is 29.8 Å². The van der Waals surface area contributed by atoms with Gasteiger partial charge in [0.05, 0.1) is 22.1 Å². The van der Waals surface area contributed by atoms with Crippen LogP contribution in [0.4, 0.5) is 5.82 Å². The summed E-state index contributed by atoms with van der Waals surface area (Å²) < 4.78 is 1.18. The van der Waals surface area contributed by atoms with Crippen molar-refractivity contribution in [2.75, 3.05) is 5.32 Å². The van der Waals surface area contributed by atoms with Crippen molar-refractivity contribution in [1.29, 1.82) is 0 Å². The fourth-order valence-corrected chi connectivity index (χ4v) is 3.28. The molecular weight excluding hydrogens is 306 g/mol. The van der Waals surface area contributed by atoms with Gasteiger partial charge >= 0.3 is 0 Å². The second-order valence-corrected chi connectivity index (χ2v) is 5.96. The van der Waals surface area contributed by atoms with Crippen LogP contribution < -0.4 is 5.32 Å². The largest absolute Gasteiger partial charge is 0.363 e. The quantitative estimate of drug-likeness (QED) is 0.564. The van der Waals surface area contributed by atoms with Crippen molar-refractivity contribution >= 4 is 50.0 Å². The fourth-order valence-electron chi connectivity index (χ4n) is 2.20. The van der Waals surface area contributed by atoms with Gasteiger partial charge in [0.1, 0.15) is 16.5 Å². The molecule has 4 rings (SSSR count). The van der Waals surface area contributed by atoms with Gasteiger partial charge in [-0.25, -0.2) is 9.97 Å². The van der Waals surface area contributed by atoms with Gasteiger partial charge in [-0.2, -0.15) is 4.98 Å². The second-order valence-electron chi connectivity index (χ2n) is 4.51. The van der Waals surface area contributed by atoms with Crippen LogP contribution in [0, 0.1) is 0 Å². The van der Waals surface area contributed by atoms with Gasteiger partial charge in [-0.15, -0.1) is 11.3 Å². The van der Waals surface area contributed by atoms with Crippen LogP contribution >= 0.6 is 22.9 Å². The lowest BCUT2D eigenvalue weighted by Crippen LogP contribution is -2.02. The molecule has 0 aliphatic carbocycles. The van der Waals surface area contributed by atoms with Gasteiger partial charge in [-0.3, -0.25) is 0 Å². The molecule has 4 aromatic rings. The minimum atomic E-state index is 0.219. The average Bonchev–Trinajstić information content (AvgIpc) is 3.10. The molecule has 21 heavy (non-hydrogen) atoms. The SMILES string of the molecule is Clc1nc(NCc2nc3ccccc3s2)c2cc[nH]c2n1. The molecule has 5 nitrogen and oxygen atoms in total. The zero-order chi connectivity index (χ0) is 14.2. The molecule has 2 N–H and O–H groups in total. The van der Waals surface area contributed by atoms with Crippen LogP contribution in [0.2, 0.25) is 5.28 Å².